The summed E-state index contributed by atoms with van der Waals surface area (Å²) in [6, 6.07) is 0. The van der Waals surface area contributed by atoms with Crippen molar-refractivity contribution in [3.05, 3.63) is 0 Å². The molecule has 1 rings (SSSR count). The fraction of sp³-hybridized carbons (Fsp3) is 1.00. The fourth-order valence-electron chi connectivity index (χ4n) is 1.67. The second-order valence-corrected chi connectivity index (χ2v) is 4.10. The van der Waals surface area contributed by atoms with E-state index in [0.717, 1.165) is 39.3 Å². The van der Waals surface area contributed by atoms with Gasteiger partial charge in [0.2, 0.25) is 0 Å². The Morgan fingerprint density at radius 2 is 2.00 bits per heavy atom. The van der Waals surface area contributed by atoms with Gasteiger partial charge in [-0.2, -0.15) is 0 Å². The van der Waals surface area contributed by atoms with E-state index < -0.39 is 12.5 Å². The van der Waals surface area contributed by atoms with E-state index in [1.807, 2.05) is 0 Å². The molecule has 0 amide bonds. The lowest BCUT2D eigenvalue weighted by atomic mass is 9.95. The summed E-state index contributed by atoms with van der Waals surface area (Å²) in [7, 11) is 0. The molecule has 0 saturated carbocycles. The normalized spacial score (nSPS) is 19.9. The Labute approximate surface area is 84.0 Å². The predicted octanol–water partition coefficient (Wildman–Crippen LogP) is 2.05. The number of rotatable bonds is 5. The lowest BCUT2D eigenvalue weighted by Gasteiger charge is -2.22. The van der Waals surface area contributed by atoms with Crippen LogP contribution in [0, 0.1) is 5.92 Å². The summed E-state index contributed by atoms with van der Waals surface area (Å²) < 4.78 is 29.6. The molecule has 0 aliphatic carbocycles. The van der Waals surface area contributed by atoms with Crippen LogP contribution < -0.4 is 5.32 Å². The molecule has 1 aliphatic rings. The molecule has 0 bridgehead atoms. The Bertz CT molecular complexity index is 153. The molecule has 0 unspecified atom stereocenters. The Hall–Kier alpha value is -0.220. The number of piperidine rings is 1. The minimum absolute atomic E-state index is 0.446. The third kappa shape index (κ3) is 5.50. The maximum Gasteiger partial charge on any atom is 0.268 e. The van der Waals surface area contributed by atoms with Gasteiger partial charge in [0.15, 0.2) is 0 Å². The third-order valence-electron chi connectivity index (χ3n) is 2.48. The predicted molar refractivity (Wildman–Crippen MR) is 51.7 cm³/mol. The van der Waals surface area contributed by atoms with Gasteiger partial charge in [-0.25, -0.2) is 8.78 Å². The third-order valence-corrected chi connectivity index (χ3v) is 2.48. The zero-order valence-electron chi connectivity index (χ0n) is 8.69. The topological polar surface area (TPSA) is 21.3 Å². The van der Waals surface area contributed by atoms with Gasteiger partial charge in [-0.15, -0.1) is 0 Å². The molecule has 0 aromatic heterocycles. The van der Waals surface area contributed by atoms with Crippen molar-refractivity contribution in [1.82, 2.24) is 5.32 Å². The van der Waals surface area contributed by atoms with Crippen LogP contribution in [0.3, 0.4) is 0 Å². The SMILES string of the molecule is CC(F)(F)COCCC1CCNCC1. The second-order valence-electron chi connectivity index (χ2n) is 4.10. The number of nitrogens with one attached hydrogen (secondary N) is 1. The Morgan fingerprint density at radius 1 is 1.36 bits per heavy atom. The molecule has 1 heterocycles. The average molecular weight is 207 g/mol. The second kappa shape index (κ2) is 5.61. The molecular formula is C10H19F2NO. The summed E-state index contributed by atoms with van der Waals surface area (Å²) in [4.78, 5) is 0. The first-order valence-electron chi connectivity index (χ1n) is 5.24. The van der Waals surface area contributed by atoms with Crippen molar-refractivity contribution in [2.75, 3.05) is 26.3 Å². The molecule has 1 aliphatic heterocycles. The maximum atomic E-state index is 12.4. The van der Waals surface area contributed by atoms with Gasteiger partial charge in [0.05, 0.1) is 0 Å². The molecule has 84 valence electrons. The number of ether oxygens (including phenoxy) is 1. The van der Waals surface area contributed by atoms with E-state index in [9.17, 15) is 8.78 Å². The van der Waals surface area contributed by atoms with Crippen LogP contribution in [0.2, 0.25) is 0 Å². The van der Waals surface area contributed by atoms with Crippen LogP contribution in [0.1, 0.15) is 26.2 Å². The van der Waals surface area contributed by atoms with Crippen LogP contribution >= 0.6 is 0 Å². The van der Waals surface area contributed by atoms with Crippen LogP contribution in [0.5, 0.6) is 0 Å². The van der Waals surface area contributed by atoms with Crippen LogP contribution in [0.25, 0.3) is 0 Å². The zero-order valence-corrected chi connectivity index (χ0v) is 8.69. The van der Waals surface area contributed by atoms with E-state index in [2.05, 4.69) is 5.32 Å². The van der Waals surface area contributed by atoms with E-state index in [1.165, 1.54) is 0 Å². The fourth-order valence-corrected chi connectivity index (χ4v) is 1.67. The lowest BCUT2D eigenvalue weighted by Crippen LogP contribution is -2.28. The number of hydrogen-bond donors (Lipinski definition) is 1. The van der Waals surface area contributed by atoms with E-state index in [1.54, 1.807) is 0 Å². The quantitative estimate of drug-likeness (QED) is 0.697. The van der Waals surface area contributed by atoms with Gasteiger partial charge in [0.25, 0.3) is 5.92 Å². The van der Waals surface area contributed by atoms with Crippen molar-refractivity contribution < 1.29 is 13.5 Å². The summed E-state index contributed by atoms with van der Waals surface area (Å²) in [6.07, 6.45) is 3.20. The van der Waals surface area contributed by atoms with Crippen molar-refractivity contribution in [3.63, 3.8) is 0 Å². The Balaban J connectivity index is 1.97. The minimum atomic E-state index is -2.69. The first kappa shape index (κ1) is 11.9. The van der Waals surface area contributed by atoms with E-state index >= 15 is 0 Å². The molecule has 0 spiro atoms. The highest BCUT2D eigenvalue weighted by Gasteiger charge is 2.21. The molecule has 0 aromatic carbocycles. The van der Waals surface area contributed by atoms with Crippen molar-refractivity contribution in [1.29, 1.82) is 0 Å². The van der Waals surface area contributed by atoms with Crippen LogP contribution in [0.4, 0.5) is 8.78 Å². The standard InChI is InChI=1S/C10H19F2NO/c1-10(11,12)8-14-7-4-9-2-5-13-6-3-9/h9,13H,2-8H2,1H3. The highest BCUT2D eigenvalue weighted by atomic mass is 19.3. The molecule has 1 N–H and O–H groups in total. The molecule has 2 nitrogen and oxygen atoms in total. The maximum absolute atomic E-state index is 12.4. The summed E-state index contributed by atoms with van der Waals surface area (Å²) in [6.45, 7) is 3.01. The molecule has 1 fully saturated rings. The van der Waals surface area contributed by atoms with E-state index in [0.29, 0.717) is 12.5 Å². The van der Waals surface area contributed by atoms with Crippen LogP contribution in [0.15, 0.2) is 0 Å². The highest BCUT2D eigenvalue weighted by Crippen LogP contribution is 2.17. The van der Waals surface area contributed by atoms with Crippen molar-refractivity contribution in [3.8, 4) is 0 Å². The monoisotopic (exact) mass is 207 g/mol. The molecule has 0 radical (unpaired) electrons. The Morgan fingerprint density at radius 3 is 2.57 bits per heavy atom. The first-order chi connectivity index (χ1) is 6.58. The van der Waals surface area contributed by atoms with Gasteiger partial charge in [-0.05, 0) is 38.3 Å². The van der Waals surface area contributed by atoms with E-state index in [4.69, 9.17) is 4.74 Å². The largest absolute Gasteiger partial charge is 0.375 e. The molecule has 4 heteroatoms. The van der Waals surface area contributed by atoms with Gasteiger partial charge >= 0.3 is 0 Å². The van der Waals surface area contributed by atoms with E-state index in [-0.39, 0.29) is 0 Å². The molecule has 0 aromatic rings. The molecule has 14 heavy (non-hydrogen) atoms. The molecule has 0 atom stereocenters. The summed E-state index contributed by atoms with van der Waals surface area (Å²) in [5, 5.41) is 3.27. The van der Waals surface area contributed by atoms with Crippen molar-refractivity contribution in [2.45, 2.75) is 32.1 Å². The van der Waals surface area contributed by atoms with Crippen LogP contribution in [-0.2, 0) is 4.74 Å². The van der Waals surface area contributed by atoms with Gasteiger partial charge in [0, 0.05) is 13.5 Å². The van der Waals surface area contributed by atoms with Gasteiger partial charge in [0.1, 0.15) is 6.61 Å². The van der Waals surface area contributed by atoms with Gasteiger partial charge < -0.3 is 10.1 Å². The van der Waals surface area contributed by atoms with Crippen LogP contribution in [-0.4, -0.2) is 32.2 Å². The molecule has 1 saturated heterocycles. The van der Waals surface area contributed by atoms with Crippen molar-refractivity contribution >= 4 is 0 Å². The summed E-state index contributed by atoms with van der Waals surface area (Å²) >= 11 is 0. The first-order valence-corrected chi connectivity index (χ1v) is 5.24. The lowest BCUT2D eigenvalue weighted by molar-refractivity contribution is -0.0647. The zero-order chi connectivity index (χ0) is 10.4. The number of alkyl halides is 2. The number of halogens is 2. The Kier molecular flexibility index (Phi) is 4.75. The minimum Gasteiger partial charge on any atom is -0.375 e. The van der Waals surface area contributed by atoms with Gasteiger partial charge in [-0.3, -0.25) is 0 Å². The highest BCUT2D eigenvalue weighted by molar-refractivity contribution is 4.68. The summed E-state index contributed by atoms with van der Waals surface area (Å²) in [5.41, 5.74) is 0. The van der Waals surface area contributed by atoms with Gasteiger partial charge in [-0.1, -0.05) is 0 Å². The average Bonchev–Trinajstić information content (AvgIpc) is 2.13. The summed E-state index contributed by atoms with van der Waals surface area (Å²) in [5.74, 6) is -2.03. The molecular weight excluding hydrogens is 188 g/mol. The number of hydrogen-bond acceptors (Lipinski definition) is 2. The smallest absolute Gasteiger partial charge is 0.268 e. The van der Waals surface area contributed by atoms with Crippen molar-refractivity contribution in [2.24, 2.45) is 5.92 Å².